The number of nitrogens with two attached hydrogens (primary N) is 1. The average Bonchev–Trinajstić information content (AvgIpc) is 2.85. The fourth-order valence-corrected chi connectivity index (χ4v) is 3.47. The summed E-state index contributed by atoms with van der Waals surface area (Å²) in [6.45, 7) is 0.671. The first-order valence-electron chi connectivity index (χ1n) is 10.3. The number of ether oxygens (including phenoxy) is 1. The summed E-state index contributed by atoms with van der Waals surface area (Å²) in [4.78, 5) is 32.6. The van der Waals surface area contributed by atoms with E-state index >= 15 is 0 Å². The van der Waals surface area contributed by atoms with Gasteiger partial charge in [0.15, 0.2) is 5.78 Å². The van der Waals surface area contributed by atoms with E-state index in [0.717, 1.165) is 11.3 Å². The molecule has 0 aliphatic heterocycles. The zero-order valence-electron chi connectivity index (χ0n) is 18.0. The number of para-hydroxylation sites is 1. The van der Waals surface area contributed by atoms with Crippen molar-refractivity contribution in [3.8, 4) is 5.75 Å². The second-order valence-corrected chi connectivity index (χ2v) is 7.35. The van der Waals surface area contributed by atoms with Crippen molar-refractivity contribution < 1.29 is 14.3 Å². The second-order valence-electron chi connectivity index (χ2n) is 7.35. The van der Waals surface area contributed by atoms with E-state index in [0.29, 0.717) is 40.1 Å². The molecule has 0 unspecified atom stereocenters. The van der Waals surface area contributed by atoms with Crippen LogP contribution < -0.4 is 21.1 Å². The smallest absolute Gasteiger partial charge is 0.250 e. The van der Waals surface area contributed by atoms with Gasteiger partial charge < -0.3 is 21.1 Å². The average molecular weight is 441 g/mol. The second kappa shape index (κ2) is 9.78. The van der Waals surface area contributed by atoms with Crippen LogP contribution in [0.25, 0.3) is 10.9 Å². The first-order valence-corrected chi connectivity index (χ1v) is 10.3. The largest absolute Gasteiger partial charge is 0.497 e. The fraction of sp³-hybridized carbons (Fsp3) is 0.120. The molecule has 0 aliphatic carbocycles. The molecule has 0 spiro atoms. The van der Waals surface area contributed by atoms with Crippen molar-refractivity contribution in [1.29, 1.82) is 0 Å². The highest BCUT2D eigenvalue weighted by atomic mass is 16.5. The van der Waals surface area contributed by atoms with E-state index in [1.807, 2.05) is 30.3 Å². The number of anilines is 2. The molecule has 0 atom stereocenters. The molecule has 8 nitrogen and oxygen atoms in total. The van der Waals surface area contributed by atoms with Gasteiger partial charge in [0.05, 0.1) is 24.7 Å². The summed E-state index contributed by atoms with van der Waals surface area (Å²) in [6.07, 6.45) is 1.40. The first kappa shape index (κ1) is 21.8. The van der Waals surface area contributed by atoms with Crippen molar-refractivity contribution >= 4 is 34.1 Å². The third kappa shape index (κ3) is 5.07. The molecule has 3 aromatic carbocycles. The van der Waals surface area contributed by atoms with Crippen molar-refractivity contribution in [2.45, 2.75) is 6.54 Å². The zero-order valence-corrected chi connectivity index (χ0v) is 18.0. The lowest BCUT2D eigenvalue weighted by Gasteiger charge is -2.11. The van der Waals surface area contributed by atoms with Crippen LogP contribution in [-0.4, -0.2) is 35.3 Å². The summed E-state index contributed by atoms with van der Waals surface area (Å²) in [5.74, 6) is 0.769. The number of carbonyl (C=O) groups is 2. The lowest BCUT2D eigenvalue weighted by atomic mass is 10.1. The van der Waals surface area contributed by atoms with Gasteiger partial charge in [0.2, 0.25) is 0 Å². The van der Waals surface area contributed by atoms with Gasteiger partial charge in [-0.1, -0.05) is 18.2 Å². The number of hydrogen-bond donors (Lipinski definition) is 3. The number of amides is 1. The van der Waals surface area contributed by atoms with Crippen LogP contribution >= 0.6 is 0 Å². The number of carbonyl (C=O) groups excluding carboxylic acids is 2. The Balaban J connectivity index is 1.42. The van der Waals surface area contributed by atoms with Crippen LogP contribution in [0.2, 0.25) is 0 Å². The lowest BCUT2D eigenvalue weighted by molar-refractivity contribution is 0.0995. The molecule has 0 saturated heterocycles. The normalized spacial score (nSPS) is 10.6. The Morgan fingerprint density at radius 2 is 1.76 bits per heavy atom. The maximum Gasteiger partial charge on any atom is 0.250 e. The number of benzene rings is 3. The summed E-state index contributed by atoms with van der Waals surface area (Å²) >= 11 is 0. The van der Waals surface area contributed by atoms with Gasteiger partial charge in [0.1, 0.15) is 17.9 Å². The molecule has 0 fully saturated rings. The van der Waals surface area contributed by atoms with Gasteiger partial charge in [-0.2, -0.15) is 0 Å². The van der Waals surface area contributed by atoms with Gasteiger partial charge in [0, 0.05) is 23.2 Å². The van der Waals surface area contributed by atoms with Gasteiger partial charge in [0.25, 0.3) is 5.91 Å². The molecule has 0 saturated carbocycles. The number of methoxy groups -OCH3 is 1. The predicted molar refractivity (Wildman–Crippen MR) is 128 cm³/mol. The van der Waals surface area contributed by atoms with Gasteiger partial charge in [-0.15, -0.1) is 0 Å². The van der Waals surface area contributed by atoms with Crippen molar-refractivity contribution in [2.24, 2.45) is 5.73 Å². The van der Waals surface area contributed by atoms with Crippen LogP contribution in [0.4, 0.5) is 11.5 Å². The summed E-state index contributed by atoms with van der Waals surface area (Å²) in [6, 6.07) is 20.0. The highest BCUT2D eigenvalue weighted by Crippen LogP contribution is 2.23. The molecule has 8 heteroatoms. The minimum Gasteiger partial charge on any atom is -0.497 e. The fourth-order valence-electron chi connectivity index (χ4n) is 3.47. The highest BCUT2D eigenvalue weighted by molar-refractivity contribution is 6.06. The Hall–Kier alpha value is -4.46. The molecule has 33 heavy (non-hydrogen) atoms. The standard InChI is InChI=1S/C25H23N5O3/c1-33-19-10-8-17(9-11-19)22(31)14-27-18-5-2-4-16(12-18)13-28-25-21-7-3-6-20(24(26)32)23(21)29-15-30-25/h2-12,15,27H,13-14H2,1H3,(H2,26,32)(H,28,29,30). The highest BCUT2D eigenvalue weighted by Gasteiger charge is 2.11. The van der Waals surface area contributed by atoms with E-state index in [9.17, 15) is 9.59 Å². The zero-order chi connectivity index (χ0) is 23.2. The molecule has 1 aromatic heterocycles. The molecule has 4 rings (SSSR count). The minimum atomic E-state index is -0.534. The predicted octanol–water partition coefficient (Wildman–Crippen LogP) is 3.64. The third-order valence-corrected chi connectivity index (χ3v) is 5.18. The van der Waals surface area contributed by atoms with Crippen LogP contribution in [-0.2, 0) is 6.54 Å². The van der Waals surface area contributed by atoms with Crippen LogP contribution in [0.5, 0.6) is 5.75 Å². The van der Waals surface area contributed by atoms with Crippen LogP contribution in [0.3, 0.4) is 0 Å². The number of ketones is 1. The van der Waals surface area contributed by atoms with Gasteiger partial charge in [-0.05, 0) is 54.1 Å². The van der Waals surface area contributed by atoms with Crippen LogP contribution in [0.15, 0.2) is 73.1 Å². The molecule has 166 valence electrons. The number of nitrogens with zero attached hydrogens (tertiary/aromatic N) is 2. The quantitative estimate of drug-likeness (QED) is 0.339. The minimum absolute atomic E-state index is 0.0149. The topological polar surface area (TPSA) is 119 Å². The van der Waals surface area contributed by atoms with Gasteiger partial charge in [-0.3, -0.25) is 9.59 Å². The molecule has 1 amide bonds. The Labute approximate surface area is 190 Å². The van der Waals surface area contributed by atoms with Crippen molar-refractivity contribution in [2.75, 3.05) is 24.3 Å². The van der Waals surface area contributed by atoms with Crippen molar-refractivity contribution in [3.63, 3.8) is 0 Å². The molecule has 4 N–H and O–H groups in total. The Morgan fingerprint density at radius 1 is 0.970 bits per heavy atom. The number of hydrogen-bond acceptors (Lipinski definition) is 7. The third-order valence-electron chi connectivity index (χ3n) is 5.18. The summed E-state index contributed by atoms with van der Waals surface area (Å²) in [7, 11) is 1.59. The molecule has 0 radical (unpaired) electrons. The summed E-state index contributed by atoms with van der Waals surface area (Å²) in [5, 5.41) is 7.18. The molecular weight excluding hydrogens is 418 g/mol. The van der Waals surface area contributed by atoms with E-state index in [-0.39, 0.29) is 12.3 Å². The van der Waals surface area contributed by atoms with Gasteiger partial charge >= 0.3 is 0 Å². The van der Waals surface area contributed by atoms with Gasteiger partial charge in [-0.25, -0.2) is 9.97 Å². The maximum absolute atomic E-state index is 12.5. The molecule has 1 heterocycles. The number of Topliss-reactive ketones (excluding diaryl/α,β-unsaturated/α-hetero) is 1. The Bertz CT molecular complexity index is 1310. The van der Waals surface area contributed by atoms with E-state index in [1.54, 1.807) is 43.5 Å². The molecule has 0 bridgehead atoms. The van der Waals surface area contributed by atoms with Crippen molar-refractivity contribution in [1.82, 2.24) is 9.97 Å². The van der Waals surface area contributed by atoms with E-state index < -0.39 is 5.91 Å². The number of nitrogens with one attached hydrogen (secondary N) is 2. The lowest BCUT2D eigenvalue weighted by Crippen LogP contribution is -2.14. The Kier molecular flexibility index (Phi) is 6.45. The molecular formula is C25H23N5O3. The number of fused-ring (bicyclic) bond motifs is 1. The number of primary amides is 1. The first-order chi connectivity index (χ1) is 16.0. The SMILES string of the molecule is COc1ccc(C(=O)CNc2cccc(CNc3ncnc4c(C(N)=O)cccc34)c2)cc1. The maximum atomic E-state index is 12.5. The van der Waals surface area contributed by atoms with E-state index in [4.69, 9.17) is 10.5 Å². The molecule has 4 aromatic rings. The van der Waals surface area contributed by atoms with E-state index in [1.165, 1.54) is 6.33 Å². The van der Waals surface area contributed by atoms with Crippen LogP contribution in [0.1, 0.15) is 26.3 Å². The van der Waals surface area contributed by atoms with Crippen LogP contribution in [0, 0.1) is 0 Å². The Morgan fingerprint density at radius 3 is 2.52 bits per heavy atom. The molecule has 0 aliphatic rings. The number of rotatable bonds is 9. The monoisotopic (exact) mass is 441 g/mol. The van der Waals surface area contributed by atoms with Crippen molar-refractivity contribution in [3.05, 3.63) is 89.7 Å². The number of aromatic nitrogens is 2. The van der Waals surface area contributed by atoms with E-state index in [2.05, 4.69) is 20.6 Å². The summed E-state index contributed by atoms with van der Waals surface area (Å²) < 4.78 is 5.12. The summed E-state index contributed by atoms with van der Waals surface area (Å²) in [5.41, 5.74) is 8.76.